The first-order valence-corrected chi connectivity index (χ1v) is 6.07. The third-order valence-corrected chi connectivity index (χ3v) is 3.56. The zero-order chi connectivity index (χ0) is 13.1. The lowest BCUT2D eigenvalue weighted by Gasteiger charge is -2.08. The lowest BCUT2D eigenvalue weighted by molar-refractivity contribution is 0.317. The Morgan fingerprint density at radius 2 is 2.24 bits per heavy atom. The topological polar surface area (TPSA) is 105 Å². The summed E-state index contributed by atoms with van der Waals surface area (Å²) in [5, 5.41) is 10.9. The molecule has 8 heteroatoms. The monoisotopic (exact) mass is 261 g/mol. The van der Waals surface area contributed by atoms with Crippen molar-refractivity contribution in [1.29, 1.82) is 0 Å². The Kier molecular flexibility index (Phi) is 4.02. The molecule has 0 heterocycles. The van der Waals surface area contributed by atoms with Crippen LogP contribution in [-0.2, 0) is 10.0 Å². The molecule has 0 aliphatic rings. The summed E-state index contributed by atoms with van der Waals surface area (Å²) >= 11 is 0. The van der Waals surface area contributed by atoms with Gasteiger partial charge < -0.3 is 10.9 Å². The second-order valence-corrected chi connectivity index (χ2v) is 5.06. The van der Waals surface area contributed by atoms with Crippen molar-refractivity contribution in [2.45, 2.75) is 11.8 Å². The molecule has 0 aliphatic carbocycles. The summed E-state index contributed by atoms with van der Waals surface area (Å²) in [6.45, 7) is 1.15. The average molecular weight is 261 g/mol. The Labute approximate surface area is 98.0 Å². The van der Waals surface area contributed by atoms with Gasteiger partial charge in [0, 0.05) is 0 Å². The lowest BCUT2D eigenvalue weighted by Crippen LogP contribution is -2.33. The van der Waals surface area contributed by atoms with Crippen LogP contribution in [0.2, 0.25) is 0 Å². The third-order valence-electron chi connectivity index (χ3n) is 2.00. The maximum absolute atomic E-state index is 12.8. The van der Waals surface area contributed by atoms with E-state index in [2.05, 4.69) is 9.88 Å². The number of nitrogens with two attached hydrogens (primary N) is 1. The summed E-state index contributed by atoms with van der Waals surface area (Å²) in [5.41, 5.74) is 5.41. The first-order valence-electron chi connectivity index (χ1n) is 4.59. The first kappa shape index (κ1) is 13.4. The molecule has 1 rings (SSSR count). The van der Waals surface area contributed by atoms with Crippen molar-refractivity contribution in [3.05, 3.63) is 29.6 Å². The number of hydrogen-bond donors (Lipinski definition) is 3. The standard InChI is InChI=1S/C9H12FN3O3S/c1-6-4-7(10)2-3-8(6)17(15,16)12-5-9(11)13-14/h2-4,12,14H,5H2,1H3,(H2,11,13). The summed E-state index contributed by atoms with van der Waals surface area (Å²) in [6, 6.07) is 3.31. The molecular weight excluding hydrogens is 249 g/mol. The second kappa shape index (κ2) is 5.11. The molecule has 94 valence electrons. The van der Waals surface area contributed by atoms with Crippen LogP contribution in [0.3, 0.4) is 0 Å². The van der Waals surface area contributed by atoms with E-state index < -0.39 is 15.8 Å². The van der Waals surface area contributed by atoms with Crippen molar-refractivity contribution in [3.63, 3.8) is 0 Å². The van der Waals surface area contributed by atoms with Crippen LogP contribution in [-0.4, -0.2) is 26.0 Å². The normalized spacial score (nSPS) is 12.7. The number of amidine groups is 1. The smallest absolute Gasteiger partial charge is 0.241 e. The van der Waals surface area contributed by atoms with Crippen LogP contribution in [0, 0.1) is 12.7 Å². The maximum atomic E-state index is 12.8. The number of nitrogens with zero attached hydrogens (tertiary/aromatic N) is 1. The molecule has 0 saturated heterocycles. The van der Waals surface area contributed by atoms with Crippen LogP contribution in [0.5, 0.6) is 0 Å². The Bertz CT molecular complexity index is 542. The van der Waals surface area contributed by atoms with Crippen molar-refractivity contribution < 1.29 is 18.0 Å². The van der Waals surface area contributed by atoms with Crippen LogP contribution in [0.4, 0.5) is 4.39 Å². The number of sulfonamides is 1. The van der Waals surface area contributed by atoms with Crippen molar-refractivity contribution in [3.8, 4) is 0 Å². The van der Waals surface area contributed by atoms with E-state index in [0.717, 1.165) is 18.2 Å². The van der Waals surface area contributed by atoms with Crippen molar-refractivity contribution >= 4 is 15.9 Å². The molecule has 1 aromatic rings. The highest BCUT2D eigenvalue weighted by Gasteiger charge is 2.17. The Hall–Kier alpha value is -1.67. The molecule has 0 atom stereocenters. The highest BCUT2D eigenvalue weighted by atomic mass is 32.2. The van der Waals surface area contributed by atoms with E-state index in [1.807, 2.05) is 0 Å². The zero-order valence-electron chi connectivity index (χ0n) is 9.01. The molecule has 1 aromatic carbocycles. The van der Waals surface area contributed by atoms with E-state index in [0.29, 0.717) is 0 Å². The number of rotatable bonds is 4. The van der Waals surface area contributed by atoms with Gasteiger partial charge >= 0.3 is 0 Å². The third kappa shape index (κ3) is 3.40. The Morgan fingerprint density at radius 3 is 2.76 bits per heavy atom. The number of oxime groups is 1. The van der Waals surface area contributed by atoms with Crippen molar-refractivity contribution in [2.24, 2.45) is 10.9 Å². The highest BCUT2D eigenvalue weighted by Crippen LogP contribution is 2.15. The summed E-state index contributed by atoms with van der Waals surface area (Å²) < 4.78 is 38.5. The molecule has 17 heavy (non-hydrogen) atoms. The molecule has 6 nitrogen and oxygen atoms in total. The van der Waals surface area contributed by atoms with Gasteiger partial charge in [0.2, 0.25) is 10.0 Å². The average Bonchev–Trinajstić information content (AvgIpc) is 2.25. The number of benzene rings is 1. The van der Waals surface area contributed by atoms with Gasteiger partial charge in [-0.25, -0.2) is 17.5 Å². The predicted molar refractivity (Wildman–Crippen MR) is 59.7 cm³/mol. The van der Waals surface area contributed by atoms with E-state index in [4.69, 9.17) is 10.9 Å². The van der Waals surface area contributed by atoms with Gasteiger partial charge in [0.1, 0.15) is 5.82 Å². The molecule has 0 fully saturated rings. The van der Waals surface area contributed by atoms with Crippen LogP contribution in [0.25, 0.3) is 0 Å². The Morgan fingerprint density at radius 1 is 1.59 bits per heavy atom. The van der Waals surface area contributed by atoms with E-state index >= 15 is 0 Å². The van der Waals surface area contributed by atoms with E-state index in [1.54, 1.807) is 0 Å². The van der Waals surface area contributed by atoms with Gasteiger partial charge in [0.15, 0.2) is 5.84 Å². The van der Waals surface area contributed by atoms with E-state index in [1.165, 1.54) is 6.92 Å². The molecule has 0 aromatic heterocycles. The molecular formula is C9H12FN3O3S. The molecule has 0 amide bonds. The van der Waals surface area contributed by atoms with Crippen LogP contribution in [0.1, 0.15) is 5.56 Å². The largest absolute Gasteiger partial charge is 0.409 e. The number of nitrogens with one attached hydrogen (secondary N) is 1. The fourth-order valence-corrected chi connectivity index (χ4v) is 2.42. The predicted octanol–water partition coefficient (Wildman–Crippen LogP) is 0.159. The summed E-state index contributed by atoms with van der Waals surface area (Å²) in [7, 11) is -3.80. The van der Waals surface area contributed by atoms with E-state index in [-0.39, 0.29) is 22.8 Å². The quantitative estimate of drug-likeness (QED) is 0.311. The minimum absolute atomic E-state index is 0.0513. The second-order valence-electron chi connectivity index (χ2n) is 3.33. The van der Waals surface area contributed by atoms with Gasteiger partial charge in [-0.1, -0.05) is 5.16 Å². The van der Waals surface area contributed by atoms with Crippen LogP contribution in [0.15, 0.2) is 28.3 Å². The van der Waals surface area contributed by atoms with Crippen LogP contribution < -0.4 is 10.5 Å². The lowest BCUT2D eigenvalue weighted by atomic mass is 10.2. The van der Waals surface area contributed by atoms with Crippen molar-refractivity contribution in [2.75, 3.05) is 6.54 Å². The molecule has 4 N–H and O–H groups in total. The summed E-state index contributed by atoms with van der Waals surface area (Å²) in [5.74, 6) is -0.786. The van der Waals surface area contributed by atoms with Gasteiger partial charge in [-0.05, 0) is 30.7 Å². The molecule has 0 spiro atoms. The number of aryl methyl sites for hydroxylation is 1. The highest BCUT2D eigenvalue weighted by molar-refractivity contribution is 7.89. The zero-order valence-corrected chi connectivity index (χ0v) is 9.83. The van der Waals surface area contributed by atoms with Crippen molar-refractivity contribution in [1.82, 2.24) is 4.72 Å². The summed E-state index contributed by atoms with van der Waals surface area (Å²) in [6.07, 6.45) is 0. The molecule has 0 saturated carbocycles. The summed E-state index contributed by atoms with van der Waals surface area (Å²) in [4.78, 5) is -0.0513. The fourth-order valence-electron chi connectivity index (χ4n) is 1.20. The first-order chi connectivity index (χ1) is 7.86. The van der Waals surface area contributed by atoms with Gasteiger partial charge in [-0.3, -0.25) is 0 Å². The molecule has 0 bridgehead atoms. The minimum atomic E-state index is -3.80. The van der Waals surface area contributed by atoms with E-state index in [9.17, 15) is 12.8 Å². The number of hydrogen-bond acceptors (Lipinski definition) is 4. The molecule has 0 unspecified atom stereocenters. The SMILES string of the molecule is Cc1cc(F)ccc1S(=O)(=O)NC/C(N)=N/O. The van der Waals surface area contributed by atoms with Gasteiger partial charge in [0.25, 0.3) is 0 Å². The number of halogens is 1. The van der Waals surface area contributed by atoms with Crippen LogP contribution >= 0.6 is 0 Å². The maximum Gasteiger partial charge on any atom is 0.241 e. The van der Waals surface area contributed by atoms with Gasteiger partial charge in [0.05, 0.1) is 11.4 Å². The van der Waals surface area contributed by atoms with Gasteiger partial charge in [-0.15, -0.1) is 0 Å². The Balaban J connectivity index is 2.98. The molecule has 0 aliphatic heterocycles. The van der Waals surface area contributed by atoms with Gasteiger partial charge in [-0.2, -0.15) is 0 Å². The minimum Gasteiger partial charge on any atom is -0.409 e. The fraction of sp³-hybridized carbons (Fsp3) is 0.222. The molecule has 0 radical (unpaired) electrons.